The van der Waals surface area contributed by atoms with Crippen molar-refractivity contribution in [1.29, 1.82) is 0 Å². The third-order valence-corrected chi connectivity index (χ3v) is 1.89. The van der Waals surface area contributed by atoms with Gasteiger partial charge in [0.05, 0.1) is 0 Å². The first-order valence-corrected chi connectivity index (χ1v) is 4.22. The average Bonchev–Trinajstić information content (AvgIpc) is 2.03. The highest BCUT2D eigenvalue weighted by molar-refractivity contribution is 5.35. The molecular formula is C10H15NO. The minimum Gasteiger partial charge on any atom is -0.508 e. The Labute approximate surface area is 73.0 Å². The first-order valence-electron chi connectivity index (χ1n) is 4.22. The van der Waals surface area contributed by atoms with E-state index in [-0.39, 0.29) is 0 Å². The molecule has 2 nitrogen and oxygen atoms in total. The molecule has 0 saturated heterocycles. The SMILES string of the molecule is Cc1ccc(CCCN)c(O)c1. The zero-order valence-electron chi connectivity index (χ0n) is 7.38. The second kappa shape index (κ2) is 4.12. The Morgan fingerprint density at radius 2 is 2.17 bits per heavy atom. The van der Waals surface area contributed by atoms with E-state index in [1.807, 2.05) is 19.1 Å². The molecule has 0 fully saturated rings. The Bertz CT molecular complexity index is 258. The Morgan fingerprint density at radius 3 is 2.75 bits per heavy atom. The number of aryl methyl sites for hydroxylation is 2. The van der Waals surface area contributed by atoms with Gasteiger partial charge in [-0.3, -0.25) is 0 Å². The molecule has 1 aromatic rings. The fraction of sp³-hybridized carbons (Fsp3) is 0.400. The van der Waals surface area contributed by atoms with Gasteiger partial charge in [-0.05, 0) is 43.5 Å². The Balaban J connectivity index is 2.72. The van der Waals surface area contributed by atoms with Crippen molar-refractivity contribution in [3.8, 4) is 5.75 Å². The molecule has 0 aliphatic heterocycles. The van der Waals surface area contributed by atoms with E-state index < -0.39 is 0 Å². The minimum atomic E-state index is 0.392. The topological polar surface area (TPSA) is 46.2 Å². The van der Waals surface area contributed by atoms with Gasteiger partial charge in [0.15, 0.2) is 0 Å². The van der Waals surface area contributed by atoms with Crippen LogP contribution in [-0.2, 0) is 6.42 Å². The Kier molecular flexibility index (Phi) is 3.11. The lowest BCUT2D eigenvalue weighted by molar-refractivity contribution is 0.467. The summed E-state index contributed by atoms with van der Waals surface area (Å²) >= 11 is 0. The van der Waals surface area contributed by atoms with Crippen molar-refractivity contribution in [2.24, 2.45) is 5.73 Å². The van der Waals surface area contributed by atoms with Gasteiger partial charge in [-0.1, -0.05) is 12.1 Å². The number of nitrogens with two attached hydrogens (primary N) is 1. The van der Waals surface area contributed by atoms with Crippen LogP contribution in [0.2, 0.25) is 0 Å². The van der Waals surface area contributed by atoms with Crippen molar-refractivity contribution in [1.82, 2.24) is 0 Å². The summed E-state index contributed by atoms with van der Waals surface area (Å²) in [6.45, 7) is 2.64. The maximum atomic E-state index is 9.48. The molecule has 0 spiro atoms. The predicted octanol–water partition coefficient (Wildman–Crippen LogP) is 1.59. The average molecular weight is 165 g/mol. The number of aromatic hydroxyl groups is 1. The van der Waals surface area contributed by atoms with Crippen molar-refractivity contribution in [3.05, 3.63) is 29.3 Å². The van der Waals surface area contributed by atoms with Gasteiger partial charge in [-0.15, -0.1) is 0 Å². The van der Waals surface area contributed by atoms with Crippen molar-refractivity contribution >= 4 is 0 Å². The first kappa shape index (κ1) is 9.07. The van der Waals surface area contributed by atoms with Crippen LogP contribution in [0.25, 0.3) is 0 Å². The highest BCUT2D eigenvalue weighted by Crippen LogP contribution is 2.19. The molecule has 0 bridgehead atoms. The molecule has 66 valence electrons. The van der Waals surface area contributed by atoms with Gasteiger partial charge in [-0.25, -0.2) is 0 Å². The third-order valence-electron chi connectivity index (χ3n) is 1.89. The Morgan fingerprint density at radius 1 is 1.42 bits per heavy atom. The van der Waals surface area contributed by atoms with E-state index in [2.05, 4.69) is 0 Å². The molecule has 3 N–H and O–H groups in total. The fourth-order valence-corrected chi connectivity index (χ4v) is 1.18. The van der Waals surface area contributed by atoms with Crippen LogP contribution >= 0.6 is 0 Å². The number of phenols is 1. The van der Waals surface area contributed by atoms with E-state index in [1.54, 1.807) is 6.07 Å². The van der Waals surface area contributed by atoms with Gasteiger partial charge in [-0.2, -0.15) is 0 Å². The molecule has 0 heterocycles. The van der Waals surface area contributed by atoms with E-state index in [0.29, 0.717) is 12.3 Å². The van der Waals surface area contributed by atoms with Crippen LogP contribution < -0.4 is 5.73 Å². The monoisotopic (exact) mass is 165 g/mol. The van der Waals surface area contributed by atoms with Gasteiger partial charge < -0.3 is 10.8 Å². The molecule has 0 unspecified atom stereocenters. The predicted molar refractivity (Wildman–Crippen MR) is 50.2 cm³/mol. The fourth-order valence-electron chi connectivity index (χ4n) is 1.18. The maximum absolute atomic E-state index is 9.48. The van der Waals surface area contributed by atoms with Gasteiger partial charge in [0.25, 0.3) is 0 Å². The molecule has 0 saturated carbocycles. The number of phenolic OH excluding ortho intramolecular Hbond substituents is 1. The van der Waals surface area contributed by atoms with Gasteiger partial charge >= 0.3 is 0 Å². The minimum absolute atomic E-state index is 0.392. The van der Waals surface area contributed by atoms with Crippen LogP contribution in [0.5, 0.6) is 5.75 Å². The molecule has 12 heavy (non-hydrogen) atoms. The zero-order chi connectivity index (χ0) is 8.97. The second-order valence-corrected chi connectivity index (χ2v) is 3.02. The molecular weight excluding hydrogens is 150 g/mol. The van der Waals surface area contributed by atoms with Crippen LogP contribution in [0.15, 0.2) is 18.2 Å². The molecule has 0 radical (unpaired) electrons. The summed E-state index contributed by atoms with van der Waals surface area (Å²) < 4.78 is 0. The van der Waals surface area contributed by atoms with E-state index >= 15 is 0 Å². The summed E-state index contributed by atoms with van der Waals surface area (Å²) in [5, 5.41) is 9.48. The van der Waals surface area contributed by atoms with Crippen LogP contribution in [0.1, 0.15) is 17.5 Å². The van der Waals surface area contributed by atoms with E-state index in [0.717, 1.165) is 24.0 Å². The molecule has 0 aromatic heterocycles. The van der Waals surface area contributed by atoms with Crippen molar-refractivity contribution < 1.29 is 5.11 Å². The number of hydrogen-bond donors (Lipinski definition) is 2. The van der Waals surface area contributed by atoms with Crippen LogP contribution in [0.4, 0.5) is 0 Å². The zero-order valence-corrected chi connectivity index (χ0v) is 7.38. The molecule has 1 aromatic carbocycles. The molecule has 0 amide bonds. The summed E-state index contributed by atoms with van der Waals surface area (Å²) in [7, 11) is 0. The lowest BCUT2D eigenvalue weighted by Crippen LogP contribution is -2.00. The van der Waals surface area contributed by atoms with Gasteiger partial charge in [0, 0.05) is 0 Å². The van der Waals surface area contributed by atoms with Crippen LogP contribution in [-0.4, -0.2) is 11.7 Å². The van der Waals surface area contributed by atoms with Crippen molar-refractivity contribution in [3.63, 3.8) is 0 Å². The third kappa shape index (κ3) is 2.24. The van der Waals surface area contributed by atoms with Crippen LogP contribution in [0.3, 0.4) is 0 Å². The molecule has 1 rings (SSSR count). The number of benzene rings is 1. The summed E-state index contributed by atoms with van der Waals surface area (Å²) in [5.74, 6) is 0.392. The molecule has 2 heteroatoms. The molecule has 0 aliphatic carbocycles. The maximum Gasteiger partial charge on any atom is 0.119 e. The normalized spacial score (nSPS) is 10.2. The van der Waals surface area contributed by atoms with E-state index in [1.165, 1.54) is 0 Å². The molecule has 0 aliphatic rings. The largest absolute Gasteiger partial charge is 0.508 e. The van der Waals surface area contributed by atoms with Crippen molar-refractivity contribution in [2.75, 3.05) is 6.54 Å². The molecule has 0 atom stereocenters. The number of hydrogen-bond acceptors (Lipinski definition) is 2. The highest BCUT2D eigenvalue weighted by atomic mass is 16.3. The van der Waals surface area contributed by atoms with Gasteiger partial charge in [0.2, 0.25) is 0 Å². The number of rotatable bonds is 3. The smallest absolute Gasteiger partial charge is 0.119 e. The Hall–Kier alpha value is -1.02. The van der Waals surface area contributed by atoms with Crippen molar-refractivity contribution in [2.45, 2.75) is 19.8 Å². The van der Waals surface area contributed by atoms with E-state index in [4.69, 9.17) is 5.73 Å². The van der Waals surface area contributed by atoms with Crippen LogP contribution in [0, 0.1) is 6.92 Å². The second-order valence-electron chi connectivity index (χ2n) is 3.02. The summed E-state index contributed by atoms with van der Waals surface area (Å²) in [4.78, 5) is 0. The summed E-state index contributed by atoms with van der Waals surface area (Å²) in [5.41, 5.74) is 7.45. The standard InChI is InChI=1S/C10H15NO/c1-8-4-5-9(3-2-6-11)10(12)7-8/h4-5,7,12H,2-3,6,11H2,1H3. The van der Waals surface area contributed by atoms with E-state index in [9.17, 15) is 5.11 Å². The first-order chi connectivity index (χ1) is 5.74. The quantitative estimate of drug-likeness (QED) is 0.714. The lowest BCUT2D eigenvalue weighted by atomic mass is 10.1. The summed E-state index contributed by atoms with van der Waals surface area (Å²) in [6.07, 6.45) is 1.79. The highest BCUT2D eigenvalue weighted by Gasteiger charge is 1.99. The van der Waals surface area contributed by atoms with Gasteiger partial charge in [0.1, 0.15) is 5.75 Å². The lowest BCUT2D eigenvalue weighted by Gasteiger charge is -2.03. The summed E-state index contributed by atoms with van der Waals surface area (Å²) in [6, 6.07) is 5.75.